The number of nitrogens with one attached hydrogen (secondary N) is 2. The van der Waals surface area contributed by atoms with E-state index in [2.05, 4.69) is 10.6 Å². The summed E-state index contributed by atoms with van der Waals surface area (Å²) in [6, 6.07) is 16.2. The van der Waals surface area contributed by atoms with Gasteiger partial charge in [0.15, 0.2) is 0 Å². The largest absolute Gasteiger partial charge is 0.369 e. The molecule has 0 fully saturated rings. The van der Waals surface area contributed by atoms with Crippen LogP contribution in [0.1, 0.15) is 23.2 Å². The first-order valence-corrected chi connectivity index (χ1v) is 9.18. The zero-order valence-electron chi connectivity index (χ0n) is 14.2. The summed E-state index contributed by atoms with van der Waals surface area (Å²) in [5, 5.41) is 5.62. The van der Waals surface area contributed by atoms with E-state index >= 15 is 0 Å². The molecule has 0 aliphatic heterocycles. The minimum absolute atomic E-state index is 0.147. The number of thioether (sulfide) groups is 1. The number of para-hydroxylation sites is 1. The van der Waals surface area contributed by atoms with Gasteiger partial charge in [0.25, 0.3) is 5.91 Å². The summed E-state index contributed by atoms with van der Waals surface area (Å²) in [5.74, 6) is -0.561. The van der Waals surface area contributed by atoms with Gasteiger partial charge in [-0.3, -0.25) is 14.4 Å². The summed E-state index contributed by atoms with van der Waals surface area (Å²) in [4.78, 5) is 35.7. The van der Waals surface area contributed by atoms with Crippen LogP contribution in [-0.4, -0.2) is 30.0 Å². The van der Waals surface area contributed by atoms with Gasteiger partial charge in [0, 0.05) is 23.4 Å². The molecule has 0 spiro atoms. The topological polar surface area (TPSA) is 101 Å². The third kappa shape index (κ3) is 6.60. The molecule has 0 bridgehead atoms. The van der Waals surface area contributed by atoms with Crippen LogP contribution < -0.4 is 16.4 Å². The number of hydrogen-bond donors (Lipinski definition) is 3. The van der Waals surface area contributed by atoms with E-state index < -0.39 is 5.91 Å². The molecular weight excluding hydrogens is 350 g/mol. The molecule has 2 aromatic carbocycles. The van der Waals surface area contributed by atoms with Crippen molar-refractivity contribution in [3.05, 3.63) is 60.2 Å². The Kier molecular flexibility index (Phi) is 7.70. The summed E-state index contributed by atoms with van der Waals surface area (Å²) < 4.78 is 0. The van der Waals surface area contributed by atoms with Gasteiger partial charge in [-0.15, -0.1) is 11.8 Å². The Morgan fingerprint density at radius 3 is 2.38 bits per heavy atom. The molecule has 4 N–H and O–H groups in total. The lowest BCUT2D eigenvalue weighted by atomic mass is 10.2. The maximum Gasteiger partial charge on any atom is 0.251 e. The molecule has 136 valence electrons. The monoisotopic (exact) mass is 371 g/mol. The number of anilines is 1. The number of rotatable bonds is 9. The van der Waals surface area contributed by atoms with Crippen molar-refractivity contribution in [2.45, 2.75) is 17.7 Å². The van der Waals surface area contributed by atoms with Crippen molar-refractivity contribution < 1.29 is 14.4 Å². The third-order valence-electron chi connectivity index (χ3n) is 3.43. The summed E-state index contributed by atoms with van der Waals surface area (Å²) in [6.45, 7) is 0.416. The van der Waals surface area contributed by atoms with E-state index in [-0.39, 0.29) is 24.0 Å². The highest BCUT2D eigenvalue weighted by Gasteiger charge is 2.09. The third-order valence-corrected chi connectivity index (χ3v) is 4.53. The number of benzene rings is 2. The first kappa shape index (κ1) is 19.5. The van der Waals surface area contributed by atoms with E-state index in [0.29, 0.717) is 24.2 Å². The lowest BCUT2D eigenvalue weighted by Gasteiger charge is -2.10. The van der Waals surface area contributed by atoms with E-state index in [9.17, 15) is 14.4 Å². The number of amides is 3. The zero-order chi connectivity index (χ0) is 18.8. The Hall–Kier alpha value is -2.80. The van der Waals surface area contributed by atoms with Crippen LogP contribution in [0.5, 0.6) is 0 Å². The molecule has 0 saturated carbocycles. The van der Waals surface area contributed by atoms with Gasteiger partial charge in [0.05, 0.1) is 11.4 Å². The van der Waals surface area contributed by atoms with Gasteiger partial charge in [-0.05, 0) is 30.7 Å². The Morgan fingerprint density at radius 1 is 0.962 bits per heavy atom. The number of carbonyl (C=O) groups is 3. The molecule has 0 radical (unpaired) electrons. The van der Waals surface area contributed by atoms with Crippen molar-refractivity contribution >= 4 is 35.2 Å². The standard InChI is InChI=1S/C19H21N3O3S/c20-17(23)13-26-16-10-5-4-9-15(16)22-18(24)11-6-12-21-19(25)14-7-2-1-3-8-14/h1-5,7-10H,6,11-13H2,(H2,20,23)(H,21,25)(H,22,24). The fraction of sp³-hybridized carbons (Fsp3) is 0.211. The second-order valence-corrected chi connectivity index (χ2v) is 6.54. The van der Waals surface area contributed by atoms with Crippen LogP contribution in [0.4, 0.5) is 5.69 Å². The highest BCUT2D eigenvalue weighted by atomic mass is 32.2. The molecule has 0 aromatic heterocycles. The molecule has 2 rings (SSSR count). The average molecular weight is 371 g/mol. The van der Waals surface area contributed by atoms with Crippen molar-refractivity contribution in [1.29, 1.82) is 0 Å². The van der Waals surface area contributed by atoms with E-state index in [1.165, 1.54) is 11.8 Å². The summed E-state index contributed by atoms with van der Waals surface area (Å²) >= 11 is 1.28. The molecule has 6 nitrogen and oxygen atoms in total. The number of carbonyl (C=O) groups excluding carboxylic acids is 3. The van der Waals surface area contributed by atoms with Gasteiger partial charge in [0.1, 0.15) is 0 Å². The molecule has 3 amide bonds. The van der Waals surface area contributed by atoms with Gasteiger partial charge in [-0.2, -0.15) is 0 Å². The maximum absolute atomic E-state index is 12.1. The van der Waals surface area contributed by atoms with Crippen molar-refractivity contribution in [2.24, 2.45) is 5.73 Å². The predicted molar refractivity (Wildman–Crippen MR) is 103 cm³/mol. The molecule has 0 atom stereocenters. The summed E-state index contributed by atoms with van der Waals surface area (Å²) in [5.41, 5.74) is 6.40. The second kappa shape index (κ2) is 10.2. The molecule has 0 heterocycles. The van der Waals surface area contributed by atoms with Gasteiger partial charge in [0.2, 0.25) is 11.8 Å². The molecule has 0 saturated heterocycles. The first-order valence-electron chi connectivity index (χ1n) is 8.19. The van der Waals surface area contributed by atoms with Crippen LogP contribution in [0.25, 0.3) is 0 Å². The maximum atomic E-state index is 12.1. The lowest BCUT2D eigenvalue weighted by Crippen LogP contribution is -2.25. The molecule has 2 aromatic rings. The molecule has 7 heteroatoms. The van der Waals surface area contributed by atoms with Gasteiger partial charge >= 0.3 is 0 Å². The highest BCUT2D eigenvalue weighted by molar-refractivity contribution is 8.00. The molecule has 0 unspecified atom stereocenters. The van der Waals surface area contributed by atoms with Crippen LogP contribution in [0.2, 0.25) is 0 Å². The SMILES string of the molecule is NC(=O)CSc1ccccc1NC(=O)CCCNC(=O)c1ccccc1. The van der Waals surface area contributed by atoms with Crippen LogP contribution in [-0.2, 0) is 9.59 Å². The molecule has 0 aliphatic rings. The molecular formula is C19H21N3O3S. The summed E-state index contributed by atoms with van der Waals surface area (Å²) in [7, 11) is 0. The van der Waals surface area contributed by atoms with Crippen LogP contribution in [0.3, 0.4) is 0 Å². The summed E-state index contributed by atoms with van der Waals surface area (Å²) in [6.07, 6.45) is 0.810. The number of primary amides is 1. The Balaban J connectivity index is 1.75. The second-order valence-electron chi connectivity index (χ2n) is 5.52. The van der Waals surface area contributed by atoms with Crippen molar-refractivity contribution in [1.82, 2.24) is 5.32 Å². The van der Waals surface area contributed by atoms with Crippen molar-refractivity contribution in [3.8, 4) is 0 Å². The Morgan fingerprint density at radius 2 is 1.65 bits per heavy atom. The molecule has 26 heavy (non-hydrogen) atoms. The Labute approximate surface area is 156 Å². The fourth-order valence-electron chi connectivity index (χ4n) is 2.20. The van der Waals surface area contributed by atoms with E-state index in [1.54, 1.807) is 30.3 Å². The average Bonchev–Trinajstić information content (AvgIpc) is 2.65. The van der Waals surface area contributed by atoms with Gasteiger partial charge < -0.3 is 16.4 Å². The lowest BCUT2D eigenvalue weighted by molar-refractivity contribution is -0.116. The molecule has 0 aliphatic carbocycles. The van der Waals surface area contributed by atoms with Crippen molar-refractivity contribution in [3.63, 3.8) is 0 Å². The van der Waals surface area contributed by atoms with Crippen LogP contribution in [0, 0.1) is 0 Å². The minimum atomic E-state index is -0.412. The van der Waals surface area contributed by atoms with Crippen LogP contribution in [0.15, 0.2) is 59.5 Å². The first-order chi connectivity index (χ1) is 12.6. The van der Waals surface area contributed by atoms with Crippen LogP contribution >= 0.6 is 11.8 Å². The number of hydrogen-bond acceptors (Lipinski definition) is 4. The quantitative estimate of drug-likeness (QED) is 0.465. The Bertz CT molecular complexity index is 766. The predicted octanol–water partition coefficient (Wildman–Crippen LogP) is 2.41. The highest BCUT2D eigenvalue weighted by Crippen LogP contribution is 2.26. The van der Waals surface area contributed by atoms with E-state index in [0.717, 1.165) is 4.90 Å². The minimum Gasteiger partial charge on any atom is -0.369 e. The van der Waals surface area contributed by atoms with E-state index in [4.69, 9.17) is 5.73 Å². The van der Waals surface area contributed by atoms with Crippen molar-refractivity contribution in [2.75, 3.05) is 17.6 Å². The van der Waals surface area contributed by atoms with Gasteiger partial charge in [-0.1, -0.05) is 30.3 Å². The van der Waals surface area contributed by atoms with Gasteiger partial charge in [-0.25, -0.2) is 0 Å². The number of nitrogens with two attached hydrogens (primary N) is 1. The zero-order valence-corrected chi connectivity index (χ0v) is 15.1. The normalized spacial score (nSPS) is 10.2. The fourth-order valence-corrected chi connectivity index (χ4v) is 2.95. The van der Waals surface area contributed by atoms with E-state index in [1.807, 2.05) is 24.3 Å². The smallest absolute Gasteiger partial charge is 0.251 e.